The minimum atomic E-state index is -0.409. The molecule has 2 unspecified atom stereocenters. The zero-order valence-electron chi connectivity index (χ0n) is 11.8. The maximum absolute atomic E-state index is 10.8. The summed E-state index contributed by atoms with van der Waals surface area (Å²) in [5.41, 5.74) is 0.763. The van der Waals surface area contributed by atoms with Crippen molar-refractivity contribution in [3.63, 3.8) is 0 Å². The second-order valence-corrected chi connectivity index (χ2v) is 5.07. The Hall–Kier alpha value is -1.66. The number of rotatable bonds is 5. The van der Waals surface area contributed by atoms with Gasteiger partial charge in [-0.25, -0.2) is 0 Å². The molecule has 1 heterocycles. The van der Waals surface area contributed by atoms with Crippen molar-refractivity contribution < 1.29 is 14.4 Å². The molecule has 0 spiro atoms. The van der Waals surface area contributed by atoms with E-state index in [0.29, 0.717) is 23.8 Å². The standard InChI is InChI=1S/C14H20N2O4/c1-10-5-6-15-8-14(10)20-9-11-7-12(16(17)18)3-4-13(11)19-2/h3-4,7,10,14-15H,5-6,8-9H2,1-2H3. The van der Waals surface area contributed by atoms with Gasteiger partial charge in [-0.05, 0) is 24.9 Å². The number of nitro groups is 1. The highest BCUT2D eigenvalue weighted by Crippen LogP contribution is 2.26. The van der Waals surface area contributed by atoms with Gasteiger partial charge in [-0.3, -0.25) is 10.1 Å². The summed E-state index contributed by atoms with van der Waals surface area (Å²) >= 11 is 0. The Balaban J connectivity index is 2.07. The first-order valence-corrected chi connectivity index (χ1v) is 6.75. The number of nitro benzene ring substituents is 1. The molecular weight excluding hydrogens is 260 g/mol. The number of hydrogen-bond acceptors (Lipinski definition) is 5. The van der Waals surface area contributed by atoms with Crippen LogP contribution in [0.4, 0.5) is 5.69 Å². The Labute approximate surface area is 118 Å². The Morgan fingerprint density at radius 1 is 1.50 bits per heavy atom. The van der Waals surface area contributed by atoms with Crippen LogP contribution < -0.4 is 10.1 Å². The third-order valence-corrected chi connectivity index (χ3v) is 3.68. The first kappa shape index (κ1) is 14.7. The van der Waals surface area contributed by atoms with Crippen LogP contribution >= 0.6 is 0 Å². The average molecular weight is 280 g/mol. The van der Waals surface area contributed by atoms with Gasteiger partial charge in [-0.15, -0.1) is 0 Å². The summed E-state index contributed by atoms with van der Waals surface area (Å²) in [5, 5.41) is 14.1. The van der Waals surface area contributed by atoms with Crippen LogP contribution in [0, 0.1) is 16.0 Å². The van der Waals surface area contributed by atoms with Gasteiger partial charge < -0.3 is 14.8 Å². The smallest absolute Gasteiger partial charge is 0.270 e. The van der Waals surface area contributed by atoms with Crippen molar-refractivity contribution in [2.45, 2.75) is 26.1 Å². The van der Waals surface area contributed by atoms with Crippen LogP contribution in [0.2, 0.25) is 0 Å². The predicted octanol–water partition coefficient (Wildman–Crippen LogP) is 2.12. The fraction of sp³-hybridized carbons (Fsp3) is 0.571. The summed E-state index contributed by atoms with van der Waals surface area (Å²) in [6.45, 7) is 4.32. The van der Waals surface area contributed by atoms with E-state index in [4.69, 9.17) is 9.47 Å². The molecule has 1 fully saturated rings. The lowest BCUT2D eigenvalue weighted by atomic mass is 9.97. The van der Waals surface area contributed by atoms with Crippen molar-refractivity contribution >= 4 is 5.69 Å². The number of ether oxygens (including phenoxy) is 2. The monoisotopic (exact) mass is 280 g/mol. The highest BCUT2D eigenvalue weighted by atomic mass is 16.6. The lowest BCUT2D eigenvalue weighted by Crippen LogP contribution is -2.40. The van der Waals surface area contributed by atoms with Crippen LogP contribution in [-0.4, -0.2) is 31.2 Å². The Bertz CT molecular complexity index is 478. The van der Waals surface area contributed by atoms with Gasteiger partial charge >= 0.3 is 0 Å². The topological polar surface area (TPSA) is 73.6 Å². The first-order chi connectivity index (χ1) is 9.61. The molecule has 1 aromatic carbocycles. The largest absolute Gasteiger partial charge is 0.496 e. The maximum Gasteiger partial charge on any atom is 0.270 e. The maximum atomic E-state index is 10.8. The normalized spacial score (nSPS) is 22.5. The fourth-order valence-electron chi connectivity index (χ4n) is 2.37. The number of methoxy groups -OCH3 is 1. The molecule has 0 radical (unpaired) electrons. The van der Waals surface area contributed by atoms with Crippen molar-refractivity contribution in [3.8, 4) is 5.75 Å². The third kappa shape index (κ3) is 3.46. The van der Waals surface area contributed by atoms with Crippen LogP contribution in [0.1, 0.15) is 18.9 Å². The number of nitrogens with one attached hydrogen (secondary N) is 1. The van der Waals surface area contributed by atoms with Gasteiger partial charge in [0.1, 0.15) is 5.75 Å². The van der Waals surface area contributed by atoms with Crippen LogP contribution in [0.5, 0.6) is 5.75 Å². The summed E-state index contributed by atoms with van der Waals surface area (Å²) in [6, 6.07) is 4.56. The molecule has 1 aliphatic rings. The molecule has 0 aromatic heterocycles. The van der Waals surface area contributed by atoms with Crippen LogP contribution in [0.3, 0.4) is 0 Å². The van der Waals surface area contributed by atoms with E-state index in [1.807, 2.05) is 0 Å². The minimum absolute atomic E-state index is 0.0548. The van der Waals surface area contributed by atoms with Crippen molar-refractivity contribution in [2.75, 3.05) is 20.2 Å². The second kappa shape index (κ2) is 6.67. The number of non-ortho nitro benzene ring substituents is 1. The summed E-state index contributed by atoms with van der Waals surface area (Å²) in [4.78, 5) is 10.4. The van der Waals surface area contributed by atoms with Crippen molar-refractivity contribution in [3.05, 3.63) is 33.9 Å². The molecule has 0 amide bonds. The van der Waals surface area contributed by atoms with Gasteiger partial charge in [0, 0.05) is 24.2 Å². The quantitative estimate of drug-likeness (QED) is 0.660. The van der Waals surface area contributed by atoms with Gasteiger partial charge in [0.25, 0.3) is 5.69 Å². The molecule has 1 aromatic rings. The summed E-state index contributed by atoms with van der Waals surface area (Å²) in [5.74, 6) is 1.10. The van der Waals surface area contributed by atoms with E-state index in [1.54, 1.807) is 13.2 Å². The highest BCUT2D eigenvalue weighted by Gasteiger charge is 2.22. The molecular formula is C14H20N2O4. The van der Waals surface area contributed by atoms with Crippen LogP contribution in [-0.2, 0) is 11.3 Å². The number of piperidine rings is 1. The van der Waals surface area contributed by atoms with Crippen molar-refractivity contribution in [2.24, 2.45) is 5.92 Å². The molecule has 2 rings (SSSR count). The number of benzene rings is 1. The number of hydrogen-bond donors (Lipinski definition) is 1. The van der Waals surface area contributed by atoms with Crippen molar-refractivity contribution in [1.82, 2.24) is 5.32 Å². The van der Waals surface area contributed by atoms with E-state index in [1.165, 1.54) is 12.1 Å². The van der Waals surface area contributed by atoms with Gasteiger partial charge in [-0.2, -0.15) is 0 Å². The zero-order valence-corrected chi connectivity index (χ0v) is 11.8. The lowest BCUT2D eigenvalue weighted by Gasteiger charge is -2.29. The highest BCUT2D eigenvalue weighted by molar-refractivity contribution is 5.43. The van der Waals surface area contributed by atoms with Gasteiger partial charge in [-0.1, -0.05) is 6.92 Å². The van der Waals surface area contributed by atoms with Crippen molar-refractivity contribution in [1.29, 1.82) is 0 Å². The second-order valence-electron chi connectivity index (χ2n) is 5.07. The van der Waals surface area contributed by atoms with Gasteiger partial charge in [0.05, 0.1) is 24.7 Å². The van der Waals surface area contributed by atoms with Crippen LogP contribution in [0.15, 0.2) is 18.2 Å². The van der Waals surface area contributed by atoms with E-state index in [-0.39, 0.29) is 11.8 Å². The van der Waals surface area contributed by atoms with Crippen LogP contribution in [0.25, 0.3) is 0 Å². The predicted molar refractivity (Wildman–Crippen MR) is 74.9 cm³/mol. The molecule has 110 valence electrons. The van der Waals surface area contributed by atoms with Gasteiger partial charge in [0.15, 0.2) is 0 Å². The van der Waals surface area contributed by atoms with E-state index >= 15 is 0 Å². The molecule has 1 saturated heterocycles. The zero-order chi connectivity index (χ0) is 14.5. The molecule has 6 heteroatoms. The molecule has 20 heavy (non-hydrogen) atoms. The first-order valence-electron chi connectivity index (χ1n) is 6.75. The lowest BCUT2D eigenvalue weighted by molar-refractivity contribution is -0.385. The average Bonchev–Trinajstić information content (AvgIpc) is 2.46. The SMILES string of the molecule is COc1ccc([N+](=O)[O-])cc1COC1CNCCC1C. The Morgan fingerprint density at radius 2 is 2.30 bits per heavy atom. The van der Waals surface area contributed by atoms with E-state index < -0.39 is 4.92 Å². The molecule has 0 bridgehead atoms. The van der Waals surface area contributed by atoms with Gasteiger partial charge in [0.2, 0.25) is 0 Å². The number of nitrogens with zero attached hydrogens (tertiary/aromatic N) is 1. The van der Waals surface area contributed by atoms with E-state index in [9.17, 15) is 10.1 Å². The molecule has 2 atom stereocenters. The summed E-state index contributed by atoms with van der Waals surface area (Å²) in [7, 11) is 1.55. The van der Waals surface area contributed by atoms with E-state index in [2.05, 4.69) is 12.2 Å². The molecule has 6 nitrogen and oxygen atoms in total. The Morgan fingerprint density at radius 3 is 2.95 bits per heavy atom. The fourth-order valence-corrected chi connectivity index (χ4v) is 2.37. The minimum Gasteiger partial charge on any atom is -0.496 e. The summed E-state index contributed by atoms with van der Waals surface area (Å²) in [6.07, 6.45) is 1.21. The molecule has 1 N–H and O–H groups in total. The van der Waals surface area contributed by atoms with E-state index in [0.717, 1.165) is 19.5 Å². The Kier molecular flexibility index (Phi) is 4.92. The molecule has 0 aliphatic carbocycles. The summed E-state index contributed by atoms with van der Waals surface area (Å²) < 4.78 is 11.1. The third-order valence-electron chi connectivity index (χ3n) is 3.68. The molecule has 1 aliphatic heterocycles. The molecule has 0 saturated carbocycles.